The van der Waals surface area contributed by atoms with Crippen molar-refractivity contribution in [3.05, 3.63) is 23.8 Å². The fourth-order valence-electron chi connectivity index (χ4n) is 1.82. The van der Waals surface area contributed by atoms with Crippen molar-refractivity contribution in [2.24, 2.45) is 0 Å². The second kappa shape index (κ2) is 5.19. The molecular formula is C11H18N4. The van der Waals surface area contributed by atoms with Gasteiger partial charge in [-0.05, 0) is 26.3 Å². The van der Waals surface area contributed by atoms with Crippen molar-refractivity contribution in [2.75, 3.05) is 13.1 Å². The fraction of sp³-hybridized carbons (Fsp3) is 0.636. The summed E-state index contributed by atoms with van der Waals surface area (Å²) < 4.78 is 0. The van der Waals surface area contributed by atoms with Crippen molar-refractivity contribution in [2.45, 2.75) is 32.4 Å². The van der Waals surface area contributed by atoms with E-state index in [1.807, 2.05) is 19.3 Å². The van der Waals surface area contributed by atoms with Gasteiger partial charge in [0.1, 0.15) is 0 Å². The van der Waals surface area contributed by atoms with Gasteiger partial charge in [-0.1, -0.05) is 0 Å². The second-order valence-electron chi connectivity index (χ2n) is 4.07. The molecule has 2 N–H and O–H groups in total. The number of aryl methyl sites for hydroxylation is 1. The lowest BCUT2D eigenvalue weighted by Gasteiger charge is -2.10. The zero-order valence-corrected chi connectivity index (χ0v) is 9.16. The van der Waals surface area contributed by atoms with Gasteiger partial charge in [0, 0.05) is 31.5 Å². The molecule has 1 aliphatic rings. The third-order valence-electron chi connectivity index (χ3n) is 2.69. The normalized spacial score (nSPS) is 20.7. The first-order valence-corrected chi connectivity index (χ1v) is 5.56. The summed E-state index contributed by atoms with van der Waals surface area (Å²) in [5.74, 6) is 0. The highest BCUT2D eigenvalue weighted by molar-refractivity contribution is 5.00. The summed E-state index contributed by atoms with van der Waals surface area (Å²) in [6.45, 7) is 4.95. The van der Waals surface area contributed by atoms with Gasteiger partial charge in [-0.15, -0.1) is 0 Å². The molecule has 1 fully saturated rings. The van der Waals surface area contributed by atoms with Crippen molar-refractivity contribution < 1.29 is 0 Å². The second-order valence-corrected chi connectivity index (χ2v) is 4.07. The molecule has 1 atom stereocenters. The molecule has 4 heteroatoms. The maximum atomic E-state index is 4.30. The Morgan fingerprint density at radius 1 is 1.47 bits per heavy atom. The van der Waals surface area contributed by atoms with Crippen LogP contribution in [0.4, 0.5) is 0 Å². The Morgan fingerprint density at radius 3 is 3.07 bits per heavy atom. The van der Waals surface area contributed by atoms with Crippen molar-refractivity contribution in [3.8, 4) is 0 Å². The van der Waals surface area contributed by atoms with Gasteiger partial charge in [-0.25, -0.2) is 0 Å². The van der Waals surface area contributed by atoms with Crippen LogP contribution in [0, 0.1) is 6.92 Å². The molecule has 1 aliphatic heterocycles. The summed E-state index contributed by atoms with van der Waals surface area (Å²) in [6.07, 6.45) is 6.23. The minimum atomic E-state index is 0.642. The largest absolute Gasteiger partial charge is 0.313 e. The lowest BCUT2D eigenvalue weighted by atomic mass is 10.2. The van der Waals surface area contributed by atoms with Gasteiger partial charge in [0.15, 0.2) is 0 Å². The van der Waals surface area contributed by atoms with E-state index in [2.05, 4.69) is 20.6 Å². The van der Waals surface area contributed by atoms with E-state index >= 15 is 0 Å². The molecule has 0 radical (unpaired) electrons. The molecule has 1 unspecified atom stereocenters. The van der Waals surface area contributed by atoms with E-state index in [0.717, 1.165) is 31.0 Å². The average Bonchev–Trinajstić information content (AvgIpc) is 2.74. The quantitative estimate of drug-likeness (QED) is 0.758. The van der Waals surface area contributed by atoms with E-state index in [4.69, 9.17) is 0 Å². The standard InChI is InChI=1S/C11H18N4/c1-9-5-15-11(8-14-9)7-12-6-10-3-2-4-13-10/h5,8,10,12-13H,2-4,6-7H2,1H3. The summed E-state index contributed by atoms with van der Waals surface area (Å²) in [4.78, 5) is 8.51. The highest BCUT2D eigenvalue weighted by Gasteiger charge is 2.12. The molecule has 0 saturated carbocycles. The van der Waals surface area contributed by atoms with Crippen molar-refractivity contribution in [1.29, 1.82) is 0 Å². The SMILES string of the molecule is Cc1cnc(CNCC2CCCN2)cn1. The van der Waals surface area contributed by atoms with Gasteiger partial charge in [0.05, 0.1) is 11.4 Å². The minimum Gasteiger partial charge on any atom is -0.313 e. The van der Waals surface area contributed by atoms with Crippen molar-refractivity contribution in [3.63, 3.8) is 0 Å². The summed E-state index contributed by atoms with van der Waals surface area (Å²) in [5.41, 5.74) is 1.98. The van der Waals surface area contributed by atoms with Crippen LogP contribution < -0.4 is 10.6 Å². The zero-order chi connectivity index (χ0) is 10.5. The van der Waals surface area contributed by atoms with Crippen LogP contribution in [0.3, 0.4) is 0 Å². The van der Waals surface area contributed by atoms with Crippen LogP contribution in [-0.4, -0.2) is 29.1 Å². The molecule has 1 aromatic heterocycles. The third kappa shape index (κ3) is 3.25. The van der Waals surface area contributed by atoms with E-state index in [0.29, 0.717) is 6.04 Å². The number of hydrogen-bond donors (Lipinski definition) is 2. The predicted molar refractivity (Wildman–Crippen MR) is 59.5 cm³/mol. The molecule has 15 heavy (non-hydrogen) atoms. The van der Waals surface area contributed by atoms with Crippen LogP contribution in [-0.2, 0) is 6.54 Å². The van der Waals surface area contributed by atoms with Crippen LogP contribution >= 0.6 is 0 Å². The Labute approximate surface area is 90.5 Å². The van der Waals surface area contributed by atoms with Crippen LogP contribution in [0.2, 0.25) is 0 Å². The molecule has 0 spiro atoms. The summed E-state index contributed by atoms with van der Waals surface area (Å²) >= 11 is 0. The van der Waals surface area contributed by atoms with Crippen molar-refractivity contribution in [1.82, 2.24) is 20.6 Å². The topological polar surface area (TPSA) is 49.8 Å². The maximum absolute atomic E-state index is 4.30. The first kappa shape index (κ1) is 10.5. The van der Waals surface area contributed by atoms with E-state index < -0.39 is 0 Å². The zero-order valence-electron chi connectivity index (χ0n) is 9.16. The van der Waals surface area contributed by atoms with Gasteiger partial charge < -0.3 is 10.6 Å². The molecule has 0 aliphatic carbocycles. The fourth-order valence-corrected chi connectivity index (χ4v) is 1.82. The highest BCUT2D eigenvalue weighted by atomic mass is 15.0. The maximum Gasteiger partial charge on any atom is 0.0724 e. The molecule has 2 rings (SSSR count). The lowest BCUT2D eigenvalue weighted by molar-refractivity contribution is 0.532. The Bertz CT molecular complexity index is 290. The lowest BCUT2D eigenvalue weighted by Crippen LogP contribution is -2.33. The first-order valence-electron chi connectivity index (χ1n) is 5.56. The first-order chi connectivity index (χ1) is 7.34. The van der Waals surface area contributed by atoms with Crippen LogP contribution in [0.5, 0.6) is 0 Å². The molecule has 82 valence electrons. The number of nitrogens with zero attached hydrogens (tertiary/aromatic N) is 2. The van der Waals surface area contributed by atoms with Crippen LogP contribution in [0.1, 0.15) is 24.2 Å². The van der Waals surface area contributed by atoms with E-state index in [-0.39, 0.29) is 0 Å². The number of aromatic nitrogens is 2. The van der Waals surface area contributed by atoms with E-state index in [9.17, 15) is 0 Å². The summed E-state index contributed by atoms with van der Waals surface area (Å²) in [6, 6.07) is 0.642. The molecule has 0 bridgehead atoms. The predicted octanol–water partition coefficient (Wildman–Crippen LogP) is 0.627. The molecule has 0 aromatic carbocycles. The molecule has 1 saturated heterocycles. The molecule has 0 amide bonds. The Balaban J connectivity index is 1.71. The van der Waals surface area contributed by atoms with Crippen LogP contribution in [0.15, 0.2) is 12.4 Å². The Morgan fingerprint density at radius 2 is 2.40 bits per heavy atom. The highest BCUT2D eigenvalue weighted by Crippen LogP contribution is 2.03. The smallest absolute Gasteiger partial charge is 0.0724 e. The van der Waals surface area contributed by atoms with Gasteiger partial charge in [0.2, 0.25) is 0 Å². The van der Waals surface area contributed by atoms with Gasteiger partial charge in [-0.3, -0.25) is 9.97 Å². The minimum absolute atomic E-state index is 0.642. The van der Waals surface area contributed by atoms with Gasteiger partial charge >= 0.3 is 0 Å². The Hall–Kier alpha value is -1.00. The molecule has 1 aromatic rings. The average molecular weight is 206 g/mol. The number of nitrogens with one attached hydrogen (secondary N) is 2. The van der Waals surface area contributed by atoms with Gasteiger partial charge in [-0.2, -0.15) is 0 Å². The summed E-state index contributed by atoms with van der Waals surface area (Å²) in [5, 5.41) is 6.85. The number of rotatable bonds is 4. The molecular weight excluding hydrogens is 188 g/mol. The molecule has 2 heterocycles. The van der Waals surface area contributed by atoms with E-state index in [1.54, 1.807) is 0 Å². The van der Waals surface area contributed by atoms with Gasteiger partial charge in [0.25, 0.3) is 0 Å². The third-order valence-corrected chi connectivity index (χ3v) is 2.69. The number of hydrogen-bond acceptors (Lipinski definition) is 4. The monoisotopic (exact) mass is 206 g/mol. The molecule has 4 nitrogen and oxygen atoms in total. The van der Waals surface area contributed by atoms with Crippen LogP contribution in [0.25, 0.3) is 0 Å². The van der Waals surface area contributed by atoms with Crippen molar-refractivity contribution >= 4 is 0 Å². The Kier molecular flexibility index (Phi) is 3.64. The van der Waals surface area contributed by atoms with E-state index in [1.165, 1.54) is 12.8 Å². The summed E-state index contributed by atoms with van der Waals surface area (Å²) in [7, 11) is 0.